The minimum Gasteiger partial charge on any atom is -0.493 e. The molecule has 0 spiro atoms. The van der Waals surface area contributed by atoms with Crippen molar-refractivity contribution >= 4 is 0 Å². The van der Waals surface area contributed by atoms with Gasteiger partial charge in [0.15, 0.2) is 0 Å². The molecular formula is C14H18FNO. The van der Waals surface area contributed by atoms with E-state index in [1.54, 1.807) is 12.1 Å². The summed E-state index contributed by atoms with van der Waals surface area (Å²) in [5, 5.41) is 3.39. The second-order valence-corrected chi connectivity index (χ2v) is 5.02. The molecule has 1 unspecified atom stereocenters. The van der Waals surface area contributed by atoms with Crippen LogP contribution < -0.4 is 10.1 Å². The van der Waals surface area contributed by atoms with Crippen molar-refractivity contribution in [2.24, 2.45) is 5.92 Å². The molecule has 0 radical (unpaired) electrons. The zero-order chi connectivity index (χ0) is 11.7. The molecule has 1 atom stereocenters. The second kappa shape index (κ2) is 4.65. The maximum absolute atomic E-state index is 13.9. The average Bonchev–Trinajstić information content (AvgIpc) is 2.83. The van der Waals surface area contributed by atoms with Crippen molar-refractivity contribution in [3.05, 3.63) is 29.1 Å². The minimum absolute atomic E-state index is 0.0557. The maximum Gasteiger partial charge on any atom is 0.126 e. The van der Waals surface area contributed by atoms with Crippen molar-refractivity contribution in [1.29, 1.82) is 0 Å². The van der Waals surface area contributed by atoms with Gasteiger partial charge in [0.1, 0.15) is 11.6 Å². The van der Waals surface area contributed by atoms with Crippen molar-refractivity contribution in [2.75, 3.05) is 19.7 Å². The Morgan fingerprint density at radius 3 is 3.18 bits per heavy atom. The van der Waals surface area contributed by atoms with Crippen molar-refractivity contribution in [3.8, 4) is 5.75 Å². The molecule has 0 aromatic heterocycles. The van der Waals surface area contributed by atoms with Crippen molar-refractivity contribution in [2.45, 2.75) is 25.7 Å². The fourth-order valence-corrected chi connectivity index (χ4v) is 2.92. The smallest absolute Gasteiger partial charge is 0.126 e. The summed E-state index contributed by atoms with van der Waals surface area (Å²) in [4.78, 5) is 0. The lowest BCUT2D eigenvalue weighted by Crippen LogP contribution is -2.31. The molecule has 0 amide bonds. The molecule has 1 aromatic rings. The maximum atomic E-state index is 13.9. The zero-order valence-corrected chi connectivity index (χ0v) is 9.97. The Bertz CT molecular complexity index is 413. The van der Waals surface area contributed by atoms with E-state index >= 15 is 0 Å². The number of hydrogen-bond donors (Lipinski definition) is 1. The Hall–Kier alpha value is -1.09. The summed E-state index contributed by atoms with van der Waals surface area (Å²) < 4.78 is 19.4. The summed E-state index contributed by atoms with van der Waals surface area (Å²) >= 11 is 0. The fourth-order valence-electron chi connectivity index (χ4n) is 2.92. The monoisotopic (exact) mass is 235 g/mol. The summed E-state index contributed by atoms with van der Waals surface area (Å²) in [6, 6.07) is 3.32. The van der Waals surface area contributed by atoms with E-state index in [2.05, 4.69) is 5.32 Å². The molecule has 3 rings (SSSR count). The van der Waals surface area contributed by atoms with Gasteiger partial charge in [-0.2, -0.15) is 0 Å². The van der Waals surface area contributed by atoms with Gasteiger partial charge in [-0.15, -0.1) is 0 Å². The van der Waals surface area contributed by atoms with Crippen LogP contribution in [-0.4, -0.2) is 19.7 Å². The van der Waals surface area contributed by atoms with E-state index < -0.39 is 0 Å². The molecular weight excluding hydrogens is 217 g/mol. The van der Waals surface area contributed by atoms with Gasteiger partial charge in [-0.25, -0.2) is 4.39 Å². The molecule has 17 heavy (non-hydrogen) atoms. The molecule has 0 saturated carbocycles. The molecule has 2 aliphatic heterocycles. The highest BCUT2D eigenvalue weighted by Gasteiger charge is 2.22. The third kappa shape index (κ3) is 2.16. The Kier molecular flexibility index (Phi) is 3.02. The van der Waals surface area contributed by atoms with Crippen molar-refractivity contribution in [3.63, 3.8) is 0 Å². The third-order valence-corrected chi connectivity index (χ3v) is 3.83. The lowest BCUT2D eigenvalue weighted by molar-refractivity contribution is 0.356. The van der Waals surface area contributed by atoms with Gasteiger partial charge < -0.3 is 10.1 Å². The van der Waals surface area contributed by atoms with Crippen LogP contribution >= 0.6 is 0 Å². The number of rotatable bonds is 2. The van der Waals surface area contributed by atoms with E-state index in [9.17, 15) is 4.39 Å². The van der Waals surface area contributed by atoms with Gasteiger partial charge in [0, 0.05) is 12.0 Å². The van der Waals surface area contributed by atoms with E-state index in [4.69, 9.17) is 4.74 Å². The van der Waals surface area contributed by atoms with E-state index in [0.717, 1.165) is 42.8 Å². The molecule has 0 aliphatic carbocycles. The summed E-state index contributed by atoms with van der Waals surface area (Å²) in [6.07, 6.45) is 4.13. The number of ether oxygens (including phenoxy) is 1. The first-order valence-electron chi connectivity index (χ1n) is 6.48. The molecule has 2 heterocycles. The van der Waals surface area contributed by atoms with Crippen LogP contribution in [0.1, 0.15) is 24.0 Å². The highest BCUT2D eigenvalue weighted by molar-refractivity contribution is 5.43. The largest absolute Gasteiger partial charge is 0.493 e. The van der Waals surface area contributed by atoms with Crippen LogP contribution in [-0.2, 0) is 12.8 Å². The fraction of sp³-hybridized carbons (Fsp3) is 0.571. The first-order valence-corrected chi connectivity index (χ1v) is 6.48. The number of piperidine rings is 1. The van der Waals surface area contributed by atoms with Gasteiger partial charge >= 0.3 is 0 Å². The predicted molar refractivity (Wildman–Crippen MR) is 64.9 cm³/mol. The standard InChI is InChI=1S/C14H18FNO/c15-13-3-4-14-11(5-7-17-14)12(13)8-10-2-1-6-16-9-10/h3-4,10,16H,1-2,5-9H2. The highest BCUT2D eigenvalue weighted by atomic mass is 19.1. The summed E-state index contributed by atoms with van der Waals surface area (Å²) in [7, 11) is 0. The number of halogens is 1. The minimum atomic E-state index is -0.0557. The highest BCUT2D eigenvalue weighted by Crippen LogP contribution is 2.32. The Balaban J connectivity index is 1.84. The molecule has 1 aromatic carbocycles. The predicted octanol–water partition coefficient (Wildman–Crippen LogP) is 2.30. The van der Waals surface area contributed by atoms with Crippen LogP contribution in [0.5, 0.6) is 5.75 Å². The van der Waals surface area contributed by atoms with Crippen LogP contribution in [0.15, 0.2) is 12.1 Å². The Morgan fingerprint density at radius 2 is 2.35 bits per heavy atom. The van der Waals surface area contributed by atoms with Gasteiger partial charge in [0.25, 0.3) is 0 Å². The summed E-state index contributed by atoms with van der Waals surface area (Å²) in [6.45, 7) is 2.83. The van der Waals surface area contributed by atoms with Gasteiger partial charge in [-0.1, -0.05) is 0 Å². The normalized spacial score (nSPS) is 23.2. The zero-order valence-electron chi connectivity index (χ0n) is 9.97. The van der Waals surface area contributed by atoms with Crippen molar-refractivity contribution in [1.82, 2.24) is 5.32 Å². The molecule has 2 aliphatic rings. The van der Waals surface area contributed by atoms with Gasteiger partial charge in [0.2, 0.25) is 0 Å². The Labute approximate surface area is 101 Å². The first kappa shape index (κ1) is 11.0. The topological polar surface area (TPSA) is 21.3 Å². The summed E-state index contributed by atoms with van der Waals surface area (Å²) in [5.74, 6) is 1.41. The molecule has 1 N–H and O–H groups in total. The Morgan fingerprint density at radius 1 is 1.41 bits per heavy atom. The van der Waals surface area contributed by atoms with E-state index in [0.29, 0.717) is 12.5 Å². The van der Waals surface area contributed by atoms with Crippen LogP contribution in [0.3, 0.4) is 0 Å². The SMILES string of the molecule is Fc1ccc2c(c1CC1CCCNC1)CCO2. The summed E-state index contributed by atoms with van der Waals surface area (Å²) in [5.41, 5.74) is 2.00. The van der Waals surface area contributed by atoms with Gasteiger partial charge in [0.05, 0.1) is 6.61 Å². The lowest BCUT2D eigenvalue weighted by atomic mass is 9.89. The number of fused-ring (bicyclic) bond motifs is 1. The average molecular weight is 235 g/mol. The quantitative estimate of drug-likeness (QED) is 0.849. The number of hydrogen-bond acceptors (Lipinski definition) is 2. The number of nitrogens with one attached hydrogen (secondary N) is 1. The molecule has 3 heteroatoms. The molecule has 92 valence electrons. The molecule has 1 saturated heterocycles. The van der Waals surface area contributed by atoms with Crippen molar-refractivity contribution < 1.29 is 9.13 Å². The lowest BCUT2D eigenvalue weighted by Gasteiger charge is -2.23. The molecule has 2 nitrogen and oxygen atoms in total. The van der Waals surface area contributed by atoms with Gasteiger partial charge in [-0.3, -0.25) is 0 Å². The third-order valence-electron chi connectivity index (χ3n) is 3.83. The van der Waals surface area contributed by atoms with Crippen LogP contribution in [0.4, 0.5) is 4.39 Å². The first-order chi connectivity index (χ1) is 8.34. The molecule has 0 bridgehead atoms. The van der Waals surface area contributed by atoms with Crippen LogP contribution in [0.2, 0.25) is 0 Å². The second-order valence-electron chi connectivity index (χ2n) is 5.02. The molecule has 1 fully saturated rings. The van der Waals surface area contributed by atoms with Crippen LogP contribution in [0, 0.1) is 11.7 Å². The van der Waals surface area contributed by atoms with Crippen LogP contribution in [0.25, 0.3) is 0 Å². The van der Waals surface area contributed by atoms with E-state index in [-0.39, 0.29) is 5.82 Å². The van der Waals surface area contributed by atoms with Gasteiger partial charge in [-0.05, 0) is 56.0 Å². The van der Waals surface area contributed by atoms with E-state index in [1.165, 1.54) is 12.8 Å². The van der Waals surface area contributed by atoms with E-state index in [1.807, 2.05) is 0 Å². The number of benzene rings is 1.